The molecule has 1 saturated carbocycles. The fourth-order valence-electron chi connectivity index (χ4n) is 3.49. The Kier molecular flexibility index (Phi) is 4.80. The summed E-state index contributed by atoms with van der Waals surface area (Å²) in [5.41, 5.74) is 1.33. The predicted molar refractivity (Wildman–Crippen MR) is 84.8 cm³/mol. The van der Waals surface area contributed by atoms with Crippen LogP contribution in [0.2, 0.25) is 0 Å². The van der Waals surface area contributed by atoms with Crippen LogP contribution >= 0.6 is 0 Å². The van der Waals surface area contributed by atoms with E-state index < -0.39 is 11.6 Å². The van der Waals surface area contributed by atoms with Gasteiger partial charge in [-0.3, -0.25) is 0 Å². The van der Waals surface area contributed by atoms with Crippen molar-refractivity contribution >= 4 is 5.57 Å². The van der Waals surface area contributed by atoms with Crippen LogP contribution in [0.3, 0.4) is 0 Å². The first-order valence-electron chi connectivity index (χ1n) is 8.45. The van der Waals surface area contributed by atoms with Crippen molar-refractivity contribution in [3.05, 3.63) is 35.4 Å². The van der Waals surface area contributed by atoms with Gasteiger partial charge in [-0.25, -0.2) is 4.39 Å². The monoisotopic (exact) mass is 306 g/mol. The van der Waals surface area contributed by atoms with Gasteiger partial charge in [-0.05, 0) is 61.6 Å². The molecule has 1 unspecified atom stereocenters. The third-order valence-corrected chi connectivity index (χ3v) is 5.02. The maximum absolute atomic E-state index is 14.3. The number of benzene rings is 1. The Morgan fingerprint density at radius 3 is 2.55 bits per heavy atom. The zero-order valence-electron chi connectivity index (χ0n) is 13.2. The molecule has 0 spiro atoms. The van der Waals surface area contributed by atoms with Gasteiger partial charge in [0.1, 0.15) is 0 Å². The third-order valence-electron chi connectivity index (χ3n) is 5.02. The number of hydrogen-bond acceptors (Lipinski definition) is 1. The van der Waals surface area contributed by atoms with Crippen LogP contribution in [0, 0.1) is 23.5 Å². The fourth-order valence-corrected chi connectivity index (χ4v) is 3.49. The second-order valence-electron chi connectivity index (χ2n) is 6.81. The minimum atomic E-state index is -0.838. The van der Waals surface area contributed by atoms with Gasteiger partial charge < -0.3 is 4.74 Å². The van der Waals surface area contributed by atoms with E-state index in [9.17, 15) is 8.78 Å². The number of rotatable bonds is 4. The normalized spacial score (nSPS) is 22.7. The molecule has 0 aromatic heterocycles. The smallest absolute Gasteiger partial charge is 0.201 e. The van der Waals surface area contributed by atoms with Gasteiger partial charge in [-0.1, -0.05) is 25.8 Å². The largest absolute Gasteiger partial charge is 0.490 e. The van der Waals surface area contributed by atoms with Gasteiger partial charge in [-0.15, -0.1) is 0 Å². The Morgan fingerprint density at radius 1 is 1.09 bits per heavy atom. The SMILES string of the molecule is CC1CC=C(c2ccc(OCC3CCCC3)c(F)c2F)CC1. The first-order chi connectivity index (χ1) is 10.6. The zero-order chi connectivity index (χ0) is 15.5. The molecule has 3 rings (SSSR count). The topological polar surface area (TPSA) is 9.23 Å². The Balaban J connectivity index is 1.73. The van der Waals surface area contributed by atoms with Crippen LogP contribution in [0.1, 0.15) is 57.4 Å². The molecule has 0 heterocycles. The van der Waals surface area contributed by atoms with Crippen LogP contribution in [0.15, 0.2) is 18.2 Å². The highest BCUT2D eigenvalue weighted by atomic mass is 19.2. The Bertz CT molecular complexity index is 559. The van der Waals surface area contributed by atoms with Gasteiger partial charge >= 0.3 is 0 Å². The van der Waals surface area contributed by atoms with E-state index in [4.69, 9.17) is 4.74 Å². The molecule has 0 bridgehead atoms. The summed E-state index contributed by atoms with van der Waals surface area (Å²) in [7, 11) is 0. The summed E-state index contributed by atoms with van der Waals surface area (Å²) in [5.74, 6) is -0.423. The lowest BCUT2D eigenvalue weighted by Gasteiger charge is -2.19. The van der Waals surface area contributed by atoms with Gasteiger partial charge in [0.25, 0.3) is 0 Å². The van der Waals surface area contributed by atoms with E-state index in [1.165, 1.54) is 12.8 Å². The van der Waals surface area contributed by atoms with Crippen LogP contribution in [-0.2, 0) is 0 Å². The Labute approximate surface area is 131 Å². The van der Waals surface area contributed by atoms with Crippen LogP contribution in [-0.4, -0.2) is 6.61 Å². The molecule has 22 heavy (non-hydrogen) atoms. The highest BCUT2D eigenvalue weighted by Crippen LogP contribution is 2.34. The summed E-state index contributed by atoms with van der Waals surface area (Å²) in [6, 6.07) is 3.26. The molecule has 0 N–H and O–H groups in total. The third kappa shape index (κ3) is 3.34. The molecule has 0 saturated heterocycles. The number of hydrogen-bond donors (Lipinski definition) is 0. The van der Waals surface area contributed by atoms with Gasteiger partial charge in [0.15, 0.2) is 11.6 Å². The molecular formula is C19H24F2O. The number of ether oxygens (including phenoxy) is 1. The zero-order valence-corrected chi connectivity index (χ0v) is 13.2. The van der Waals surface area contributed by atoms with Gasteiger partial charge in [0, 0.05) is 5.56 Å². The van der Waals surface area contributed by atoms with Crippen molar-refractivity contribution in [1.29, 1.82) is 0 Å². The average Bonchev–Trinajstić information content (AvgIpc) is 3.03. The second kappa shape index (κ2) is 6.80. The van der Waals surface area contributed by atoms with Crippen LogP contribution in [0.4, 0.5) is 8.78 Å². The van der Waals surface area contributed by atoms with Crippen LogP contribution < -0.4 is 4.74 Å². The van der Waals surface area contributed by atoms with E-state index >= 15 is 0 Å². The maximum Gasteiger partial charge on any atom is 0.201 e. The molecule has 1 aromatic carbocycles. The quantitative estimate of drug-likeness (QED) is 0.689. The predicted octanol–water partition coefficient (Wildman–Crippen LogP) is 5.74. The van der Waals surface area contributed by atoms with Crippen molar-refractivity contribution in [3.63, 3.8) is 0 Å². The average molecular weight is 306 g/mol. The summed E-state index contributed by atoms with van der Waals surface area (Å²) in [6.45, 7) is 2.68. The Hall–Kier alpha value is -1.38. The minimum absolute atomic E-state index is 0.0536. The number of allylic oxidation sites excluding steroid dienone is 2. The highest BCUT2D eigenvalue weighted by Gasteiger charge is 2.21. The van der Waals surface area contributed by atoms with Gasteiger partial charge in [0.05, 0.1) is 6.61 Å². The highest BCUT2D eigenvalue weighted by molar-refractivity contribution is 5.67. The Morgan fingerprint density at radius 2 is 1.86 bits per heavy atom. The van der Waals surface area contributed by atoms with Crippen molar-refractivity contribution < 1.29 is 13.5 Å². The lowest BCUT2D eigenvalue weighted by Crippen LogP contribution is -2.10. The molecule has 0 aliphatic heterocycles. The van der Waals surface area contributed by atoms with Gasteiger partial charge in [-0.2, -0.15) is 4.39 Å². The van der Waals surface area contributed by atoms with E-state index in [1.54, 1.807) is 12.1 Å². The summed E-state index contributed by atoms with van der Waals surface area (Å²) >= 11 is 0. The van der Waals surface area contributed by atoms with Crippen molar-refractivity contribution in [1.82, 2.24) is 0 Å². The van der Waals surface area contributed by atoms with E-state index in [-0.39, 0.29) is 5.75 Å². The fraction of sp³-hybridized carbons (Fsp3) is 0.579. The summed E-state index contributed by atoms with van der Waals surface area (Å²) in [5, 5.41) is 0. The molecule has 1 fully saturated rings. The van der Waals surface area contributed by atoms with E-state index in [1.807, 2.05) is 6.08 Å². The summed E-state index contributed by atoms with van der Waals surface area (Å²) in [4.78, 5) is 0. The molecule has 1 atom stereocenters. The summed E-state index contributed by atoms with van der Waals surface area (Å²) < 4.78 is 34.1. The van der Waals surface area contributed by atoms with E-state index in [0.29, 0.717) is 24.0 Å². The van der Waals surface area contributed by atoms with Crippen molar-refractivity contribution in [2.45, 2.75) is 51.9 Å². The van der Waals surface area contributed by atoms with E-state index in [2.05, 4.69) is 6.92 Å². The molecule has 0 radical (unpaired) electrons. The number of halogens is 2. The second-order valence-corrected chi connectivity index (χ2v) is 6.81. The minimum Gasteiger partial charge on any atom is -0.490 e. The molecule has 2 aliphatic rings. The maximum atomic E-state index is 14.3. The molecule has 0 amide bonds. The summed E-state index contributed by atoms with van der Waals surface area (Å²) in [6.07, 6.45) is 9.54. The van der Waals surface area contributed by atoms with Crippen LogP contribution in [0.25, 0.3) is 5.57 Å². The first-order valence-corrected chi connectivity index (χ1v) is 8.45. The van der Waals surface area contributed by atoms with Crippen LogP contribution in [0.5, 0.6) is 5.75 Å². The van der Waals surface area contributed by atoms with Crippen molar-refractivity contribution in [2.75, 3.05) is 6.61 Å². The van der Waals surface area contributed by atoms with Crippen molar-refractivity contribution in [2.24, 2.45) is 11.8 Å². The standard InChI is InChI=1S/C19H24F2O/c1-13-6-8-15(9-7-13)16-10-11-17(19(21)18(16)20)22-12-14-4-2-3-5-14/h8,10-11,13-14H,2-7,9,12H2,1H3. The van der Waals surface area contributed by atoms with Gasteiger partial charge in [0.2, 0.25) is 5.82 Å². The lowest BCUT2D eigenvalue weighted by atomic mass is 9.87. The molecule has 1 nitrogen and oxygen atoms in total. The van der Waals surface area contributed by atoms with E-state index in [0.717, 1.165) is 37.7 Å². The molecule has 1 aromatic rings. The van der Waals surface area contributed by atoms with Crippen molar-refractivity contribution in [3.8, 4) is 5.75 Å². The molecule has 120 valence electrons. The molecule has 2 aliphatic carbocycles. The first kappa shape index (κ1) is 15.5. The molecular weight excluding hydrogens is 282 g/mol. The lowest BCUT2D eigenvalue weighted by molar-refractivity contribution is 0.239. The molecule has 3 heteroatoms.